The highest BCUT2D eigenvalue weighted by Gasteiger charge is 2.37. The second kappa shape index (κ2) is 8.58. The molecule has 1 N–H and O–H groups in total. The van der Waals surface area contributed by atoms with E-state index in [4.69, 9.17) is 0 Å². The Bertz CT molecular complexity index is 867. The molecule has 1 saturated heterocycles. The molecule has 1 aliphatic heterocycles. The number of aryl methyl sites for hydroxylation is 1. The van der Waals surface area contributed by atoms with Crippen LogP contribution < -0.4 is 4.90 Å². The van der Waals surface area contributed by atoms with E-state index in [9.17, 15) is 13.2 Å². The number of carbonyl (C=O) groups excluding carboxylic acids is 1. The van der Waals surface area contributed by atoms with Crippen molar-refractivity contribution in [2.45, 2.75) is 56.4 Å². The highest BCUT2D eigenvalue weighted by Crippen LogP contribution is 2.33. The van der Waals surface area contributed by atoms with Crippen LogP contribution in [0, 0.1) is 6.92 Å². The SMILES string of the molecule is Cc1ccc(S(=O)(=O)N2CC[NH+](CC(=O)N(C3=CCCCC3)C3CC3)CC2)cc1. The summed E-state index contributed by atoms with van der Waals surface area (Å²) < 4.78 is 27.3. The van der Waals surface area contributed by atoms with Gasteiger partial charge in [-0.15, -0.1) is 0 Å². The van der Waals surface area contributed by atoms with Gasteiger partial charge in [0.2, 0.25) is 10.0 Å². The van der Waals surface area contributed by atoms with Crippen LogP contribution in [-0.4, -0.2) is 62.3 Å². The fraction of sp³-hybridized carbons (Fsp3) is 0.591. The highest BCUT2D eigenvalue weighted by molar-refractivity contribution is 7.89. The lowest BCUT2D eigenvalue weighted by Gasteiger charge is -2.33. The maximum absolute atomic E-state index is 13.1. The maximum Gasteiger partial charge on any atom is 0.282 e. The quantitative estimate of drug-likeness (QED) is 0.758. The fourth-order valence-electron chi connectivity index (χ4n) is 4.35. The molecule has 1 aromatic carbocycles. The summed E-state index contributed by atoms with van der Waals surface area (Å²) in [6, 6.07) is 7.42. The second-order valence-electron chi connectivity index (χ2n) is 8.58. The first-order valence-electron chi connectivity index (χ1n) is 10.9. The Labute approximate surface area is 174 Å². The van der Waals surface area contributed by atoms with E-state index in [1.807, 2.05) is 19.1 Å². The Morgan fingerprint density at radius 3 is 2.41 bits per heavy atom. The van der Waals surface area contributed by atoms with Crippen LogP contribution >= 0.6 is 0 Å². The van der Waals surface area contributed by atoms with Crippen molar-refractivity contribution in [3.8, 4) is 0 Å². The van der Waals surface area contributed by atoms with Gasteiger partial charge in [0, 0.05) is 11.7 Å². The monoisotopic (exact) mass is 418 g/mol. The molecule has 6 nitrogen and oxygen atoms in total. The Morgan fingerprint density at radius 2 is 1.83 bits per heavy atom. The van der Waals surface area contributed by atoms with Crippen LogP contribution in [-0.2, 0) is 14.8 Å². The van der Waals surface area contributed by atoms with Crippen molar-refractivity contribution >= 4 is 15.9 Å². The number of nitrogens with zero attached hydrogens (tertiary/aromatic N) is 2. The van der Waals surface area contributed by atoms with Crippen molar-refractivity contribution in [2.24, 2.45) is 0 Å². The van der Waals surface area contributed by atoms with Crippen molar-refractivity contribution in [1.82, 2.24) is 9.21 Å². The zero-order chi connectivity index (χ0) is 20.4. The molecule has 0 atom stereocenters. The van der Waals surface area contributed by atoms with Crippen LogP contribution in [0.15, 0.2) is 40.9 Å². The second-order valence-corrected chi connectivity index (χ2v) is 10.5. The smallest absolute Gasteiger partial charge is 0.282 e. The topological polar surface area (TPSA) is 62.1 Å². The number of rotatable bonds is 6. The molecule has 158 valence electrons. The van der Waals surface area contributed by atoms with Crippen LogP contribution in [0.3, 0.4) is 0 Å². The number of carbonyl (C=O) groups is 1. The largest absolute Gasteiger partial charge is 0.325 e. The molecule has 0 aromatic heterocycles. The molecule has 1 aromatic rings. The van der Waals surface area contributed by atoms with Crippen LogP contribution in [0.2, 0.25) is 0 Å². The third-order valence-electron chi connectivity index (χ3n) is 6.25. The van der Waals surface area contributed by atoms with E-state index in [0.717, 1.165) is 31.2 Å². The molecule has 2 fully saturated rings. The first-order valence-corrected chi connectivity index (χ1v) is 12.3. The van der Waals surface area contributed by atoms with Crippen molar-refractivity contribution in [3.05, 3.63) is 41.6 Å². The summed E-state index contributed by atoms with van der Waals surface area (Å²) in [5, 5.41) is 0. The normalized spacial score (nSPS) is 21.6. The minimum absolute atomic E-state index is 0.213. The number of hydrogen-bond acceptors (Lipinski definition) is 3. The molecule has 7 heteroatoms. The van der Waals surface area contributed by atoms with E-state index >= 15 is 0 Å². The predicted octanol–water partition coefficient (Wildman–Crippen LogP) is 1.33. The fourth-order valence-corrected chi connectivity index (χ4v) is 5.79. The molecule has 0 bridgehead atoms. The lowest BCUT2D eigenvalue weighted by Crippen LogP contribution is -3.15. The number of sulfonamides is 1. The zero-order valence-corrected chi connectivity index (χ0v) is 18.1. The molecule has 1 heterocycles. The number of hydrogen-bond donors (Lipinski definition) is 1. The Balaban J connectivity index is 1.35. The van der Waals surface area contributed by atoms with Crippen molar-refractivity contribution in [2.75, 3.05) is 32.7 Å². The van der Waals surface area contributed by atoms with Crippen LogP contribution in [0.4, 0.5) is 0 Å². The Morgan fingerprint density at radius 1 is 1.14 bits per heavy atom. The lowest BCUT2D eigenvalue weighted by atomic mass is 10.0. The van der Waals surface area contributed by atoms with Crippen molar-refractivity contribution in [1.29, 1.82) is 0 Å². The summed E-state index contributed by atoms with van der Waals surface area (Å²) in [5.41, 5.74) is 2.27. The molecule has 2 aliphatic carbocycles. The minimum Gasteiger partial charge on any atom is -0.325 e. The molecule has 0 spiro atoms. The molecular weight excluding hydrogens is 386 g/mol. The van der Waals surface area contributed by atoms with Gasteiger partial charge in [-0.3, -0.25) is 4.79 Å². The van der Waals surface area contributed by atoms with Gasteiger partial charge in [0.05, 0.1) is 31.1 Å². The van der Waals surface area contributed by atoms with E-state index in [0.29, 0.717) is 43.7 Å². The van der Waals surface area contributed by atoms with Crippen LogP contribution in [0.1, 0.15) is 44.1 Å². The van der Waals surface area contributed by atoms with E-state index in [2.05, 4.69) is 11.0 Å². The van der Waals surface area contributed by atoms with E-state index in [1.165, 1.54) is 23.4 Å². The van der Waals surface area contributed by atoms with Crippen LogP contribution in [0.5, 0.6) is 0 Å². The molecule has 4 rings (SSSR count). The molecule has 1 saturated carbocycles. The van der Waals surface area contributed by atoms with E-state index in [-0.39, 0.29) is 5.91 Å². The van der Waals surface area contributed by atoms with Gasteiger partial charge in [-0.2, -0.15) is 4.31 Å². The van der Waals surface area contributed by atoms with Gasteiger partial charge in [0.1, 0.15) is 0 Å². The summed E-state index contributed by atoms with van der Waals surface area (Å²) in [5.74, 6) is 0.213. The average Bonchev–Trinajstić information content (AvgIpc) is 3.55. The van der Waals surface area contributed by atoms with Gasteiger partial charge in [0.25, 0.3) is 5.91 Å². The number of allylic oxidation sites excluding steroid dienone is 2. The first-order chi connectivity index (χ1) is 13.9. The molecule has 29 heavy (non-hydrogen) atoms. The van der Waals surface area contributed by atoms with Gasteiger partial charge in [-0.05, 0) is 57.6 Å². The van der Waals surface area contributed by atoms with E-state index < -0.39 is 10.0 Å². The maximum atomic E-state index is 13.1. The molecule has 0 unspecified atom stereocenters. The van der Waals surface area contributed by atoms with Gasteiger partial charge >= 0.3 is 0 Å². The predicted molar refractivity (Wildman–Crippen MR) is 112 cm³/mol. The number of piperazine rings is 1. The molecule has 3 aliphatic rings. The number of benzene rings is 1. The molecule has 1 amide bonds. The van der Waals surface area contributed by atoms with Crippen molar-refractivity contribution in [3.63, 3.8) is 0 Å². The van der Waals surface area contributed by atoms with E-state index in [1.54, 1.807) is 16.4 Å². The third kappa shape index (κ3) is 4.73. The van der Waals surface area contributed by atoms with Crippen molar-refractivity contribution < 1.29 is 18.1 Å². The number of nitrogens with one attached hydrogen (secondary N) is 1. The third-order valence-corrected chi connectivity index (χ3v) is 8.16. The summed E-state index contributed by atoms with van der Waals surface area (Å²) in [4.78, 5) is 16.7. The molecular formula is C22H32N3O3S+. The summed E-state index contributed by atoms with van der Waals surface area (Å²) in [7, 11) is -3.45. The van der Waals surface area contributed by atoms with Gasteiger partial charge in [-0.1, -0.05) is 23.8 Å². The lowest BCUT2D eigenvalue weighted by molar-refractivity contribution is -0.895. The van der Waals surface area contributed by atoms with Gasteiger partial charge < -0.3 is 9.80 Å². The first kappa shape index (κ1) is 20.6. The summed E-state index contributed by atoms with van der Waals surface area (Å²) in [6.07, 6.45) is 8.96. The number of quaternary nitrogens is 1. The highest BCUT2D eigenvalue weighted by atomic mass is 32.2. The zero-order valence-electron chi connectivity index (χ0n) is 17.3. The van der Waals surface area contributed by atoms with Crippen LogP contribution in [0.25, 0.3) is 0 Å². The molecule has 0 radical (unpaired) electrons. The Kier molecular flexibility index (Phi) is 6.08. The van der Waals surface area contributed by atoms with Gasteiger partial charge in [0.15, 0.2) is 6.54 Å². The standard InChI is InChI=1S/C22H31N3O3S/c1-18-7-11-21(12-8-18)29(27,28)24-15-13-23(14-16-24)17-22(26)25(20-9-10-20)19-5-3-2-4-6-19/h5,7-8,11-12,20H,2-4,6,9-10,13-17H2,1H3/p+1. The summed E-state index contributed by atoms with van der Waals surface area (Å²) in [6.45, 7) is 4.69. The van der Waals surface area contributed by atoms with Gasteiger partial charge in [-0.25, -0.2) is 8.42 Å². The average molecular weight is 419 g/mol. The Hall–Kier alpha value is -1.70. The number of amides is 1. The summed E-state index contributed by atoms with van der Waals surface area (Å²) >= 11 is 0. The minimum atomic E-state index is -3.45.